The Labute approximate surface area is 187 Å². The number of allylic oxidation sites excluding steroid dienone is 2. The molecule has 4 atom stereocenters. The summed E-state index contributed by atoms with van der Waals surface area (Å²) in [5.41, 5.74) is 3.63. The first-order valence-corrected chi connectivity index (χ1v) is 11.6. The molecule has 4 heterocycles. The van der Waals surface area contributed by atoms with Crippen molar-refractivity contribution in [3.8, 4) is 0 Å². The molecule has 0 saturated carbocycles. The van der Waals surface area contributed by atoms with Gasteiger partial charge in [-0.15, -0.1) is 0 Å². The lowest BCUT2D eigenvalue weighted by Crippen LogP contribution is -2.46. The third kappa shape index (κ3) is 3.40. The van der Waals surface area contributed by atoms with Gasteiger partial charge in [0.1, 0.15) is 0 Å². The van der Waals surface area contributed by atoms with E-state index in [9.17, 15) is 14.7 Å². The van der Waals surface area contributed by atoms with Gasteiger partial charge < -0.3 is 15.0 Å². The molecule has 0 unspecified atom stereocenters. The molecule has 32 heavy (non-hydrogen) atoms. The molecule has 0 spiro atoms. The molecule has 2 N–H and O–H groups in total. The summed E-state index contributed by atoms with van der Waals surface area (Å²) in [6, 6.07) is 9.32. The molecule has 1 saturated heterocycles. The molecule has 168 valence electrons. The van der Waals surface area contributed by atoms with Gasteiger partial charge in [0.2, 0.25) is 5.91 Å². The lowest BCUT2D eigenvalue weighted by Gasteiger charge is -2.37. The van der Waals surface area contributed by atoms with Gasteiger partial charge in [0.05, 0.1) is 24.2 Å². The lowest BCUT2D eigenvalue weighted by molar-refractivity contribution is -0.127. The van der Waals surface area contributed by atoms with Crippen molar-refractivity contribution < 1.29 is 9.90 Å². The number of rotatable bonds is 6. The third-order valence-corrected chi connectivity index (χ3v) is 7.40. The zero-order valence-corrected chi connectivity index (χ0v) is 18.4. The first kappa shape index (κ1) is 21.1. The van der Waals surface area contributed by atoms with Crippen LogP contribution >= 0.6 is 0 Å². The van der Waals surface area contributed by atoms with Crippen molar-refractivity contribution in [1.29, 1.82) is 0 Å². The van der Waals surface area contributed by atoms with E-state index in [1.165, 1.54) is 0 Å². The van der Waals surface area contributed by atoms with Crippen LogP contribution in [0.2, 0.25) is 0 Å². The van der Waals surface area contributed by atoms with Crippen LogP contribution in [0.3, 0.4) is 0 Å². The molecule has 7 nitrogen and oxygen atoms in total. The fourth-order valence-electron chi connectivity index (χ4n) is 5.91. The minimum Gasteiger partial charge on any atom is -0.396 e. The van der Waals surface area contributed by atoms with Gasteiger partial charge in [-0.1, -0.05) is 19.1 Å². The van der Waals surface area contributed by atoms with Crippen LogP contribution in [0.25, 0.3) is 5.57 Å². The van der Waals surface area contributed by atoms with Crippen LogP contribution in [0, 0.1) is 11.8 Å². The van der Waals surface area contributed by atoms with Crippen molar-refractivity contribution in [2.24, 2.45) is 11.8 Å². The Morgan fingerprint density at radius 1 is 1.28 bits per heavy atom. The Kier molecular flexibility index (Phi) is 5.69. The highest BCUT2D eigenvalue weighted by Gasteiger charge is 2.55. The van der Waals surface area contributed by atoms with E-state index in [1.54, 1.807) is 6.20 Å². The number of carbonyl (C=O) groups is 1. The number of aliphatic hydroxyl groups excluding tert-OH is 1. The summed E-state index contributed by atoms with van der Waals surface area (Å²) in [6.45, 7) is 3.61. The average molecular weight is 435 g/mol. The van der Waals surface area contributed by atoms with E-state index in [4.69, 9.17) is 0 Å². The second-order valence-corrected chi connectivity index (χ2v) is 8.96. The maximum Gasteiger partial charge on any atom is 0.258 e. The molecule has 7 heteroatoms. The zero-order chi connectivity index (χ0) is 22.2. The lowest BCUT2D eigenvalue weighted by atomic mass is 9.86. The Morgan fingerprint density at radius 3 is 2.84 bits per heavy atom. The first-order valence-electron chi connectivity index (χ1n) is 11.6. The van der Waals surface area contributed by atoms with E-state index < -0.39 is 5.92 Å². The molecule has 5 rings (SSSR count). The van der Waals surface area contributed by atoms with Crippen molar-refractivity contribution >= 4 is 11.5 Å². The Balaban J connectivity index is 1.50. The Hall–Kier alpha value is -2.77. The summed E-state index contributed by atoms with van der Waals surface area (Å²) in [4.78, 5) is 33.4. The topological polar surface area (TPSA) is 87.5 Å². The SMILES string of the molecule is CCN1[C@@H]2Cn3c(ccc(C4=CCCC4)c3=O)[C@H]1[C@@H](C(=O)NCc1ccccn1)[C@@H]2CO. The number of fused-ring (bicyclic) bond motifs is 4. The molecule has 1 fully saturated rings. The van der Waals surface area contributed by atoms with Crippen LogP contribution in [-0.4, -0.2) is 44.7 Å². The molecule has 2 aromatic heterocycles. The summed E-state index contributed by atoms with van der Waals surface area (Å²) in [5, 5.41) is 13.3. The molecular formula is C25H30N4O3. The van der Waals surface area contributed by atoms with Gasteiger partial charge in [-0.25, -0.2) is 0 Å². The normalized spacial score (nSPS) is 26.6. The summed E-state index contributed by atoms with van der Waals surface area (Å²) >= 11 is 0. The minimum atomic E-state index is -0.418. The smallest absolute Gasteiger partial charge is 0.258 e. The number of hydrogen-bond donors (Lipinski definition) is 2. The van der Waals surface area contributed by atoms with E-state index in [0.717, 1.165) is 48.3 Å². The molecule has 3 aliphatic rings. The van der Waals surface area contributed by atoms with Gasteiger partial charge in [0, 0.05) is 42.6 Å². The molecule has 2 bridgehead atoms. The van der Waals surface area contributed by atoms with E-state index in [0.29, 0.717) is 13.1 Å². The molecule has 0 radical (unpaired) electrons. The van der Waals surface area contributed by atoms with Crippen molar-refractivity contribution in [1.82, 2.24) is 19.8 Å². The summed E-state index contributed by atoms with van der Waals surface area (Å²) in [7, 11) is 0. The van der Waals surface area contributed by atoms with E-state index in [2.05, 4.69) is 28.2 Å². The van der Waals surface area contributed by atoms with Crippen LogP contribution in [0.5, 0.6) is 0 Å². The van der Waals surface area contributed by atoms with Crippen LogP contribution in [-0.2, 0) is 17.9 Å². The number of hydrogen-bond acceptors (Lipinski definition) is 5. The van der Waals surface area contributed by atoms with Crippen LogP contribution in [0.15, 0.2) is 47.4 Å². The average Bonchev–Trinajstić information content (AvgIpc) is 3.42. The molecule has 2 aromatic rings. The van der Waals surface area contributed by atoms with Crippen molar-refractivity contribution in [2.75, 3.05) is 13.2 Å². The fourth-order valence-corrected chi connectivity index (χ4v) is 5.91. The number of nitrogens with one attached hydrogen (secondary N) is 1. The Morgan fingerprint density at radius 2 is 2.16 bits per heavy atom. The summed E-state index contributed by atoms with van der Waals surface area (Å²) < 4.78 is 1.87. The number of nitrogens with zero attached hydrogens (tertiary/aromatic N) is 3. The minimum absolute atomic E-state index is 0.0348. The molecular weight excluding hydrogens is 404 g/mol. The molecule has 1 aliphatic carbocycles. The highest BCUT2D eigenvalue weighted by Crippen LogP contribution is 2.48. The number of aliphatic hydroxyl groups is 1. The molecule has 2 aliphatic heterocycles. The van der Waals surface area contributed by atoms with E-state index >= 15 is 0 Å². The van der Waals surface area contributed by atoms with E-state index in [-0.39, 0.29) is 36.1 Å². The quantitative estimate of drug-likeness (QED) is 0.727. The van der Waals surface area contributed by atoms with Crippen molar-refractivity contribution in [2.45, 2.75) is 51.4 Å². The second-order valence-electron chi connectivity index (χ2n) is 8.96. The van der Waals surface area contributed by atoms with Gasteiger partial charge in [0.15, 0.2) is 0 Å². The van der Waals surface area contributed by atoms with Crippen molar-refractivity contribution in [3.05, 3.63) is 69.9 Å². The zero-order valence-electron chi connectivity index (χ0n) is 18.4. The van der Waals surface area contributed by atoms with Gasteiger partial charge in [-0.05, 0) is 55.6 Å². The van der Waals surface area contributed by atoms with E-state index in [1.807, 2.05) is 34.9 Å². The maximum atomic E-state index is 13.4. The highest BCUT2D eigenvalue weighted by molar-refractivity contribution is 5.80. The predicted octanol–water partition coefficient (Wildman–Crippen LogP) is 2.11. The van der Waals surface area contributed by atoms with Gasteiger partial charge in [-0.3, -0.25) is 19.5 Å². The first-order chi connectivity index (χ1) is 15.6. The van der Waals surface area contributed by atoms with Gasteiger partial charge in [-0.2, -0.15) is 0 Å². The number of aromatic nitrogens is 2. The summed E-state index contributed by atoms with van der Waals surface area (Å²) in [5.74, 6) is -0.736. The number of pyridine rings is 2. The van der Waals surface area contributed by atoms with Gasteiger partial charge in [0.25, 0.3) is 5.56 Å². The maximum absolute atomic E-state index is 13.4. The second kappa shape index (κ2) is 8.64. The number of carbonyl (C=O) groups excluding carboxylic acids is 1. The number of amides is 1. The largest absolute Gasteiger partial charge is 0.396 e. The number of likely N-dealkylation sites (N-methyl/N-ethyl adjacent to an activating group) is 1. The Bertz CT molecular complexity index is 1090. The van der Waals surface area contributed by atoms with Crippen LogP contribution in [0.4, 0.5) is 0 Å². The van der Waals surface area contributed by atoms with Crippen molar-refractivity contribution in [3.63, 3.8) is 0 Å². The fraction of sp³-hybridized carbons (Fsp3) is 0.480. The summed E-state index contributed by atoms with van der Waals surface area (Å²) in [6.07, 6.45) is 6.94. The molecule has 1 amide bonds. The molecule has 0 aromatic carbocycles. The van der Waals surface area contributed by atoms with Crippen LogP contribution < -0.4 is 10.9 Å². The van der Waals surface area contributed by atoms with Crippen LogP contribution in [0.1, 0.15) is 49.2 Å². The monoisotopic (exact) mass is 434 g/mol. The standard InChI is InChI=1S/C25H30N4O3/c1-2-28-21-14-29-20(11-10-18(25(29)32)16-7-3-4-8-16)23(28)22(19(21)15-30)24(31)27-13-17-9-5-6-12-26-17/h5-7,9-12,19,21-23,30H,2-4,8,13-15H2,1H3,(H,27,31)/t19-,21-,22+,23+/m1/s1. The van der Waals surface area contributed by atoms with Gasteiger partial charge >= 0.3 is 0 Å². The predicted molar refractivity (Wildman–Crippen MR) is 122 cm³/mol. The highest BCUT2D eigenvalue weighted by atomic mass is 16.3. The third-order valence-electron chi connectivity index (χ3n) is 7.40.